The molecule has 2 unspecified atom stereocenters. The number of carbonyl (C=O) groups excluding carboxylic acids is 1. The summed E-state index contributed by atoms with van der Waals surface area (Å²) >= 11 is 0. The third-order valence-electron chi connectivity index (χ3n) is 6.20. The number of amides is 1. The molecule has 2 atom stereocenters. The normalized spacial score (nSPS) is 14.9. The Kier molecular flexibility index (Phi) is 7.63. The molecule has 0 saturated carbocycles. The predicted molar refractivity (Wildman–Crippen MR) is 136 cm³/mol. The summed E-state index contributed by atoms with van der Waals surface area (Å²) in [6.45, 7) is 4.59. The lowest BCUT2D eigenvalue weighted by Crippen LogP contribution is -2.35. The van der Waals surface area contributed by atoms with Gasteiger partial charge < -0.3 is 15.7 Å². The van der Waals surface area contributed by atoms with E-state index in [-0.39, 0.29) is 23.4 Å². The van der Waals surface area contributed by atoms with E-state index in [1.165, 1.54) is 38.1 Å². The number of aliphatic hydroxyl groups excluding tert-OH is 1. The van der Waals surface area contributed by atoms with Crippen molar-refractivity contribution in [3.8, 4) is 0 Å². The highest BCUT2D eigenvalue weighted by molar-refractivity contribution is 5.99. The second kappa shape index (κ2) is 10.7. The summed E-state index contributed by atoms with van der Waals surface area (Å²) in [7, 11) is 0. The second-order valence-electron chi connectivity index (χ2n) is 9.15. The number of nitrogens with zero attached hydrogens (tertiary/aromatic N) is 2. The molecule has 0 bridgehead atoms. The van der Waals surface area contributed by atoms with Crippen molar-refractivity contribution >= 4 is 23.1 Å². The van der Waals surface area contributed by atoms with Gasteiger partial charge in [0, 0.05) is 17.5 Å². The lowest BCUT2D eigenvalue weighted by Gasteiger charge is -2.24. The predicted octanol–water partition coefficient (Wildman–Crippen LogP) is 5.95. The number of hydrogen-bond acceptors (Lipinski definition) is 5. The maximum atomic E-state index is 13.4. The van der Waals surface area contributed by atoms with Crippen molar-refractivity contribution in [1.29, 1.82) is 0 Å². The Morgan fingerprint density at radius 1 is 1.08 bits per heavy atom. The Bertz CT molecular complexity index is 1410. The first-order valence-corrected chi connectivity index (χ1v) is 11.9. The Morgan fingerprint density at radius 2 is 1.79 bits per heavy atom. The van der Waals surface area contributed by atoms with Gasteiger partial charge in [0.25, 0.3) is 0 Å². The molecule has 4 rings (SSSR count). The van der Waals surface area contributed by atoms with E-state index in [0.717, 1.165) is 11.6 Å². The first-order chi connectivity index (χ1) is 17.9. The zero-order valence-electron chi connectivity index (χ0n) is 20.9. The van der Waals surface area contributed by atoms with Crippen LogP contribution < -0.4 is 10.6 Å². The molecule has 0 fully saturated rings. The summed E-state index contributed by atoms with van der Waals surface area (Å²) in [5, 5.41) is 16.0. The first-order valence-electron chi connectivity index (χ1n) is 11.9. The van der Waals surface area contributed by atoms with E-state index in [0.29, 0.717) is 28.5 Å². The van der Waals surface area contributed by atoms with Crippen molar-refractivity contribution in [3.63, 3.8) is 0 Å². The van der Waals surface area contributed by atoms with E-state index in [1.54, 1.807) is 24.4 Å². The number of halogens is 4. The number of anilines is 2. The highest BCUT2D eigenvalue weighted by Crippen LogP contribution is 2.34. The number of allylic oxidation sites excluding steroid dienone is 3. The number of aliphatic hydroxyl groups is 1. The van der Waals surface area contributed by atoms with Gasteiger partial charge in [0.05, 0.1) is 23.4 Å². The summed E-state index contributed by atoms with van der Waals surface area (Å²) < 4.78 is 53.4. The summed E-state index contributed by atoms with van der Waals surface area (Å²) in [6.07, 6.45) is -0.320. The van der Waals surface area contributed by atoms with E-state index in [1.807, 2.05) is 13.0 Å². The Morgan fingerprint density at radius 3 is 2.45 bits per heavy atom. The molecule has 1 heterocycles. The van der Waals surface area contributed by atoms with Gasteiger partial charge in [-0.25, -0.2) is 14.4 Å². The van der Waals surface area contributed by atoms with Crippen molar-refractivity contribution < 1.29 is 27.5 Å². The van der Waals surface area contributed by atoms with Crippen LogP contribution in [0.5, 0.6) is 0 Å². The minimum Gasteiger partial charge on any atom is -0.391 e. The minimum absolute atomic E-state index is 0.0535. The van der Waals surface area contributed by atoms with Crippen LogP contribution in [0.3, 0.4) is 0 Å². The molecular weight excluding hydrogens is 500 g/mol. The zero-order valence-corrected chi connectivity index (χ0v) is 20.9. The average Bonchev–Trinajstić information content (AvgIpc) is 3.35. The molecule has 1 amide bonds. The second-order valence-corrected chi connectivity index (χ2v) is 9.15. The van der Waals surface area contributed by atoms with E-state index >= 15 is 0 Å². The van der Waals surface area contributed by atoms with Crippen LogP contribution in [-0.4, -0.2) is 27.1 Å². The fraction of sp³-hybridized carbons (Fsp3) is 0.250. The van der Waals surface area contributed by atoms with Crippen LogP contribution in [0.1, 0.15) is 47.3 Å². The third kappa shape index (κ3) is 6.08. The summed E-state index contributed by atoms with van der Waals surface area (Å²) in [5.74, 6) is -0.583. The van der Waals surface area contributed by atoms with Gasteiger partial charge in [-0.3, -0.25) is 4.79 Å². The SMILES string of the molecule is Cc1ccc(C(NC(=O)C2=CC(c3nc(Nc4ccc(F)cc4)ncc3C)=CC2)C(C)O)cc1C(F)(F)F. The van der Waals surface area contributed by atoms with Crippen molar-refractivity contribution in [3.05, 3.63) is 100 Å². The Balaban J connectivity index is 1.53. The van der Waals surface area contributed by atoms with Crippen LogP contribution in [-0.2, 0) is 11.0 Å². The molecule has 1 aliphatic carbocycles. The molecule has 1 aliphatic rings. The van der Waals surface area contributed by atoms with Crippen LogP contribution in [0.2, 0.25) is 0 Å². The number of nitrogens with one attached hydrogen (secondary N) is 2. The van der Waals surface area contributed by atoms with Crippen molar-refractivity contribution in [1.82, 2.24) is 15.3 Å². The van der Waals surface area contributed by atoms with Gasteiger partial charge in [-0.05, 0) is 85.9 Å². The third-order valence-corrected chi connectivity index (χ3v) is 6.20. The summed E-state index contributed by atoms with van der Waals surface area (Å²) in [6, 6.07) is 8.44. The fourth-order valence-corrected chi connectivity index (χ4v) is 4.16. The number of alkyl halides is 3. The number of carbonyl (C=O) groups is 1. The lowest BCUT2D eigenvalue weighted by molar-refractivity contribution is -0.138. The van der Waals surface area contributed by atoms with Crippen molar-refractivity contribution in [2.24, 2.45) is 0 Å². The van der Waals surface area contributed by atoms with Gasteiger partial charge in [-0.1, -0.05) is 18.2 Å². The number of benzene rings is 2. The molecule has 3 N–H and O–H groups in total. The largest absolute Gasteiger partial charge is 0.416 e. The smallest absolute Gasteiger partial charge is 0.391 e. The number of rotatable bonds is 7. The molecule has 0 aliphatic heterocycles. The van der Waals surface area contributed by atoms with Crippen LogP contribution in [0.4, 0.5) is 29.2 Å². The monoisotopic (exact) mass is 526 g/mol. The lowest BCUT2D eigenvalue weighted by atomic mass is 9.96. The van der Waals surface area contributed by atoms with Gasteiger partial charge in [-0.2, -0.15) is 13.2 Å². The standard InChI is InChI=1S/C28H26F4N4O2/c1-15-4-5-19(13-23(15)28(30,31)32)25(17(3)37)35-26(38)20-7-6-18(12-20)24-16(2)14-33-27(36-24)34-22-10-8-21(29)9-11-22/h4-6,8-14,17,25,37H,7H2,1-3H3,(H,35,38)(H,33,34,36). The molecular formula is C28H26F4N4O2. The van der Waals surface area contributed by atoms with Crippen LogP contribution in [0, 0.1) is 19.7 Å². The van der Waals surface area contributed by atoms with Gasteiger partial charge in [-0.15, -0.1) is 0 Å². The average molecular weight is 527 g/mol. The maximum absolute atomic E-state index is 13.4. The van der Waals surface area contributed by atoms with Crippen LogP contribution in [0.15, 0.2) is 66.4 Å². The molecule has 0 radical (unpaired) electrons. The molecule has 3 aromatic rings. The Labute approximate surface area is 217 Å². The topological polar surface area (TPSA) is 87.1 Å². The van der Waals surface area contributed by atoms with E-state index < -0.39 is 29.8 Å². The molecule has 198 valence electrons. The summed E-state index contributed by atoms with van der Waals surface area (Å²) in [4.78, 5) is 21.8. The minimum atomic E-state index is -4.56. The molecule has 6 nitrogen and oxygen atoms in total. The van der Waals surface area contributed by atoms with Crippen molar-refractivity contribution in [2.75, 3.05) is 5.32 Å². The number of aromatic nitrogens is 2. The molecule has 1 aromatic heterocycles. The molecule has 2 aromatic carbocycles. The molecule has 10 heteroatoms. The van der Waals surface area contributed by atoms with Gasteiger partial charge in [0.1, 0.15) is 5.82 Å². The quantitative estimate of drug-likeness (QED) is 0.332. The van der Waals surface area contributed by atoms with Gasteiger partial charge >= 0.3 is 6.18 Å². The van der Waals surface area contributed by atoms with Gasteiger partial charge in [0.2, 0.25) is 11.9 Å². The highest BCUT2D eigenvalue weighted by atomic mass is 19.4. The fourth-order valence-electron chi connectivity index (χ4n) is 4.16. The molecule has 0 spiro atoms. The molecule has 38 heavy (non-hydrogen) atoms. The van der Waals surface area contributed by atoms with Crippen LogP contribution in [0.25, 0.3) is 5.57 Å². The van der Waals surface area contributed by atoms with E-state index in [4.69, 9.17) is 0 Å². The zero-order chi connectivity index (χ0) is 27.6. The highest BCUT2D eigenvalue weighted by Gasteiger charge is 2.34. The van der Waals surface area contributed by atoms with E-state index in [2.05, 4.69) is 20.6 Å². The van der Waals surface area contributed by atoms with E-state index in [9.17, 15) is 27.5 Å². The maximum Gasteiger partial charge on any atom is 0.416 e. The van der Waals surface area contributed by atoms with Crippen molar-refractivity contribution in [2.45, 2.75) is 45.5 Å². The molecule has 0 saturated heterocycles. The number of aryl methyl sites for hydroxylation is 2. The first kappa shape index (κ1) is 27.0. The number of hydrogen-bond donors (Lipinski definition) is 3. The Hall–Kier alpha value is -4.05. The van der Waals surface area contributed by atoms with Crippen LogP contribution >= 0.6 is 0 Å². The van der Waals surface area contributed by atoms with Gasteiger partial charge in [0.15, 0.2) is 0 Å². The summed E-state index contributed by atoms with van der Waals surface area (Å²) in [5.41, 5.74) is 2.40.